The Kier molecular flexibility index (Phi) is 4.20. The molecule has 2 aromatic rings. The number of amides is 1. The average Bonchev–Trinajstić information content (AvgIpc) is 2.41. The Balaban J connectivity index is 1.94. The zero-order chi connectivity index (χ0) is 14.5. The number of para-hydroxylation sites is 1. The van der Waals surface area contributed by atoms with Crippen LogP contribution in [0.5, 0.6) is 5.75 Å². The normalized spacial score (nSPS) is 10.1. The third kappa shape index (κ3) is 3.47. The second-order valence-corrected chi connectivity index (χ2v) is 4.53. The fourth-order valence-electron chi connectivity index (χ4n) is 1.82. The van der Waals surface area contributed by atoms with Gasteiger partial charge in [-0.25, -0.2) is 4.98 Å². The van der Waals surface area contributed by atoms with Crippen molar-refractivity contribution in [1.29, 1.82) is 0 Å². The second-order valence-electron chi connectivity index (χ2n) is 4.53. The molecule has 3 N–H and O–H groups in total. The van der Waals surface area contributed by atoms with Gasteiger partial charge in [-0.1, -0.05) is 18.2 Å². The minimum atomic E-state index is -0.259. The number of benzene rings is 1. The van der Waals surface area contributed by atoms with Gasteiger partial charge in [-0.2, -0.15) is 0 Å². The van der Waals surface area contributed by atoms with E-state index in [9.17, 15) is 4.79 Å². The van der Waals surface area contributed by atoms with Crippen LogP contribution >= 0.6 is 0 Å². The number of carbonyl (C=O) groups excluding carboxylic acids is 1. The summed E-state index contributed by atoms with van der Waals surface area (Å²) >= 11 is 0. The topological polar surface area (TPSA) is 77.2 Å². The highest BCUT2D eigenvalue weighted by Crippen LogP contribution is 2.22. The van der Waals surface area contributed by atoms with E-state index in [-0.39, 0.29) is 12.5 Å². The molecular weight excluding hydrogens is 254 g/mol. The summed E-state index contributed by atoms with van der Waals surface area (Å²) in [6.45, 7) is 3.83. The summed E-state index contributed by atoms with van der Waals surface area (Å²) in [5, 5.41) is 2.65. The number of nitrogens with one attached hydrogen (secondary N) is 1. The molecule has 0 unspecified atom stereocenters. The Morgan fingerprint density at radius 3 is 2.55 bits per heavy atom. The van der Waals surface area contributed by atoms with Crippen LogP contribution in [0.15, 0.2) is 36.5 Å². The van der Waals surface area contributed by atoms with Crippen LogP contribution in [0.25, 0.3) is 0 Å². The minimum Gasteiger partial charge on any atom is -0.483 e. The first-order chi connectivity index (χ1) is 9.56. The molecule has 0 aliphatic carbocycles. The van der Waals surface area contributed by atoms with Crippen molar-refractivity contribution in [2.45, 2.75) is 13.8 Å². The van der Waals surface area contributed by atoms with Crippen LogP contribution in [-0.2, 0) is 4.79 Å². The van der Waals surface area contributed by atoms with Crippen LogP contribution < -0.4 is 15.8 Å². The molecule has 5 nitrogen and oxygen atoms in total. The van der Waals surface area contributed by atoms with Crippen LogP contribution in [0.2, 0.25) is 0 Å². The number of hydrogen-bond donors (Lipinski definition) is 2. The quantitative estimate of drug-likeness (QED) is 0.894. The highest BCUT2D eigenvalue weighted by Gasteiger charge is 2.07. The number of nitrogen functional groups attached to an aromatic ring is 1. The van der Waals surface area contributed by atoms with Gasteiger partial charge in [-0.15, -0.1) is 0 Å². The number of pyridine rings is 1. The first-order valence-electron chi connectivity index (χ1n) is 6.26. The van der Waals surface area contributed by atoms with E-state index in [2.05, 4.69) is 10.3 Å². The standard InChI is InChI=1S/C15H17N3O2/c1-10-4-3-5-11(2)15(10)20-9-14(19)18-13-7-6-12(16)8-17-13/h3-8H,9,16H2,1-2H3,(H,17,18,19). The largest absolute Gasteiger partial charge is 0.483 e. The van der Waals surface area contributed by atoms with Crippen LogP contribution in [0, 0.1) is 13.8 Å². The van der Waals surface area contributed by atoms with E-state index in [0.29, 0.717) is 11.5 Å². The van der Waals surface area contributed by atoms with E-state index in [0.717, 1.165) is 16.9 Å². The fraction of sp³-hybridized carbons (Fsp3) is 0.200. The third-order valence-electron chi connectivity index (χ3n) is 2.81. The molecule has 0 radical (unpaired) electrons. The molecule has 1 aromatic heterocycles. The molecule has 0 spiro atoms. The fourth-order valence-corrected chi connectivity index (χ4v) is 1.82. The number of anilines is 2. The number of aromatic nitrogens is 1. The van der Waals surface area contributed by atoms with Gasteiger partial charge in [0.1, 0.15) is 11.6 Å². The molecule has 20 heavy (non-hydrogen) atoms. The Morgan fingerprint density at radius 2 is 1.95 bits per heavy atom. The summed E-state index contributed by atoms with van der Waals surface area (Å²) in [4.78, 5) is 15.8. The lowest BCUT2D eigenvalue weighted by molar-refractivity contribution is -0.118. The van der Waals surface area contributed by atoms with E-state index in [4.69, 9.17) is 10.5 Å². The highest BCUT2D eigenvalue weighted by molar-refractivity contribution is 5.91. The van der Waals surface area contributed by atoms with Gasteiger partial charge in [0.25, 0.3) is 5.91 Å². The Hall–Kier alpha value is -2.56. The molecule has 0 atom stereocenters. The molecule has 1 heterocycles. The number of nitrogens with two attached hydrogens (primary N) is 1. The molecule has 0 bridgehead atoms. The van der Waals surface area contributed by atoms with E-state index >= 15 is 0 Å². The number of aryl methyl sites for hydroxylation is 2. The SMILES string of the molecule is Cc1cccc(C)c1OCC(=O)Nc1ccc(N)cn1. The van der Waals surface area contributed by atoms with Crippen molar-refractivity contribution in [3.8, 4) is 5.75 Å². The van der Waals surface area contributed by atoms with Crippen LogP contribution in [0.3, 0.4) is 0 Å². The number of carbonyl (C=O) groups is 1. The number of ether oxygens (including phenoxy) is 1. The third-order valence-corrected chi connectivity index (χ3v) is 2.81. The molecule has 0 aliphatic heterocycles. The van der Waals surface area contributed by atoms with Crippen molar-refractivity contribution < 1.29 is 9.53 Å². The average molecular weight is 271 g/mol. The monoisotopic (exact) mass is 271 g/mol. The Labute approximate surface area is 117 Å². The predicted molar refractivity (Wildman–Crippen MR) is 78.7 cm³/mol. The van der Waals surface area contributed by atoms with Crippen molar-refractivity contribution in [2.75, 3.05) is 17.7 Å². The van der Waals surface area contributed by atoms with Gasteiger partial charge in [0.05, 0.1) is 11.9 Å². The summed E-state index contributed by atoms with van der Waals surface area (Å²) in [6.07, 6.45) is 1.49. The zero-order valence-corrected chi connectivity index (χ0v) is 11.5. The predicted octanol–water partition coefficient (Wildman–Crippen LogP) is 2.30. The van der Waals surface area contributed by atoms with E-state index in [1.54, 1.807) is 12.1 Å². The maximum Gasteiger partial charge on any atom is 0.263 e. The van der Waals surface area contributed by atoms with Gasteiger partial charge in [-0.3, -0.25) is 4.79 Å². The maximum absolute atomic E-state index is 11.8. The van der Waals surface area contributed by atoms with Crippen molar-refractivity contribution in [1.82, 2.24) is 4.98 Å². The summed E-state index contributed by atoms with van der Waals surface area (Å²) in [5.74, 6) is 0.937. The van der Waals surface area contributed by atoms with Gasteiger partial charge in [0.15, 0.2) is 6.61 Å². The first-order valence-corrected chi connectivity index (χ1v) is 6.26. The number of nitrogens with zero attached hydrogens (tertiary/aromatic N) is 1. The summed E-state index contributed by atoms with van der Waals surface area (Å²) < 4.78 is 5.56. The molecule has 0 saturated carbocycles. The minimum absolute atomic E-state index is 0.0578. The van der Waals surface area contributed by atoms with Crippen molar-refractivity contribution in [3.05, 3.63) is 47.7 Å². The van der Waals surface area contributed by atoms with Gasteiger partial charge in [0.2, 0.25) is 0 Å². The van der Waals surface area contributed by atoms with Crippen molar-refractivity contribution >= 4 is 17.4 Å². The molecule has 0 saturated heterocycles. The van der Waals surface area contributed by atoms with E-state index < -0.39 is 0 Å². The smallest absolute Gasteiger partial charge is 0.263 e. The lowest BCUT2D eigenvalue weighted by atomic mass is 10.1. The second kappa shape index (κ2) is 6.06. The van der Waals surface area contributed by atoms with Crippen LogP contribution in [0.4, 0.5) is 11.5 Å². The lowest BCUT2D eigenvalue weighted by Gasteiger charge is -2.11. The molecule has 0 fully saturated rings. The first kappa shape index (κ1) is 13.9. The van der Waals surface area contributed by atoms with Gasteiger partial charge in [-0.05, 0) is 37.1 Å². The summed E-state index contributed by atoms with van der Waals surface area (Å²) in [7, 11) is 0. The van der Waals surface area contributed by atoms with Crippen LogP contribution in [0.1, 0.15) is 11.1 Å². The van der Waals surface area contributed by atoms with Crippen molar-refractivity contribution in [2.24, 2.45) is 0 Å². The molecule has 0 aliphatic rings. The Morgan fingerprint density at radius 1 is 1.25 bits per heavy atom. The molecule has 2 rings (SSSR count). The Bertz CT molecular complexity index is 589. The lowest BCUT2D eigenvalue weighted by Crippen LogP contribution is -2.21. The molecule has 104 valence electrons. The summed E-state index contributed by atoms with van der Waals surface area (Å²) in [5.41, 5.74) is 8.08. The van der Waals surface area contributed by atoms with E-state index in [1.807, 2.05) is 32.0 Å². The van der Waals surface area contributed by atoms with Gasteiger partial charge in [0, 0.05) is 0 Å². The van der Waals surface area contributed by atoms with Gasteiger partial charge >= 0.3 is 0 Å². The van der Waals surface area contributed by atoms with E-state index in [1.165, 1.54) is 6.20 Å². The molecule has 5 heteroatoms. The molecular formula is C15H17N3O2. The molecule has 1 aromatic carbocycles. The maximum atomic E-state index is 11.8. The van der Waals surface area contributed by atoms with Crippen molar-refractivity contribution in [3.63, 3.8) is 0 Å². The summed E-state index contributed by atoms with van der Waals surface area (Å²) in [6, 6.07) is 9.17. The number of hydrogen-bond acceptors (Lipinski definition) is 4. The number of rotatable bonds is 4. The molecule has 1 amide bonds. The van der Waals surface area contributed by atoms with Crippen LogP contribution in [-0.4, -0.2) is 17.5 Å². The van der Waals surface area contributed by atoms with Gasteiger partial charge < -0.3 is 15.8 Å². The zero-order valence-electron chi connectivity index (χ0n) is 11.5. The highest BCUT2D eigenvalue weighted by atomic mass is 16.5.